The number of alkyl halides is 3. The van der Waals surface area contributed by atoms with Crippen molar-refractivity contribution in [1.82, 2.24) is 4.98 Å². The van der Waals surface area contributed by atoms with Crippen LogP contribution in [0.25, 0.3) is 11.5 Å². The van der Waals surface area contributed by atoms with Gasteiger partial charge in [-0.25, -0.2) is 9.78 Å². The van der Waals surface area contributed by atoms with Crippen LogP contribution in [0.1, 0.15) is 66.6 Å². The fourth-order valence-electron chi connectivity index (χ4n) is 3.64. The first-order chi connectivity index (χ1) is 16.8. The van der Waals surface area contributed by atoms with Crippen LogP contribution < -0.4 is 4.74 Å². The number of aromatic carboxylic acids is 1. The van der Waals surface area contributed by atoms with Gasteiger partial charge in [0.2, 0.25) is 5.89 Å². The third kappa shape index (κ3) is 6.66. The molecule has 0 aliphatic heterocycles. The molecule has 0 aliphatic carbocycles. The first-order valence-corrected chi connectivity index (χ1v) is 11.5. The maximum atomic E-state index is 13.1. The average molecular weight is 506 g/mol. The van der Waals surface area contributed by atoms with E-state index in [1.165, 1.54) is 12.1 Å². The highest BCUT2D eigenvalue weighted by Crippen LogP contribution is 2.34. The van der Waals surface area contributed by atoms with Crippen LogP contribution in [-0.2, 0) is 17.5 Å². The minimum Gasteiger partial charge on any atom is -0.492 e. The van der Waals surface area contributed by atoms with Crippen molar-refractivity contribution in [3.8, 4) is 17.2 Å². The zero-order chi connectivity index (χ0) is 26.7. The summed E-state index contributed by atoms with van der Waals surface area (Å²) in [7, 11) is 0. The molecule has 1 heterocycles. The summed E-state index contributed by atoms with van der Waals surface area (Å²) in [4.78, 5) is 16.0. The van der Waals surface area contributed by atoms with Gasteiger partial charge in [-0.2, -0.15) is 13.2 Å². The topological polar surface area (TPSA) is 81.8 Å². The number of nitrogens with zero attached hydrogens (tertiary/aromatic N) is 1. The molecule has 0 bridgehead atoms. The molecule has 0 unspecified atom stereocenters. The van der Waals surface area contributed by atoms with Gasteiger partial charge in [0.05, 0.1) is 25.4 Å². The number of oxazole rings is 1. The molecular formula is C27H30F3NO5. The fourth-order valence-corrected chi connectivity index (χ4v) is 3.64. The molecule has 0 spiro atoms. The number of aromatic nitrogens is 1. The van der Waals surface area contributed by atoms with Crippen molar-refractivity contribution in [3.63, 3.8) is 0 Å². The highest BCUT2D eigenvalue weighted by Gasteiger charge is 2.31. The van der Waals surface area contributed by atoms with Gasteiger partial charge in [0.1, 0.15) is 22.8 Å². The summed E-state index contributed by atoms with van der Waals surface area (Å²) >= 11 is 0. The van der Waals surface area contributed by atoms with Crippen molar-refractivity contribution in [1.29, 1.82) is 0 Å². The number of benzene rings is 2. The highest BCUT2D eigenvalue weighted by molar-refractivity contribution is 5.92. The lowest BCUT2D eigenvalue weighted by atomic mass is 9.96. The number of carbonyl (C=O) groups is 1. The van der Waals surface area contributed by atoms with Crippen molar-refractivity contribution in [2.45, 2.75) is 53.3 Å². The lowest BCUT2D eigenvalue weighted by molar-refractivity contribution is -0.137. The number of halogens is 3. The van der Waals surface area contributed by atoms with Crippen LogP contribution in [0, 0.1) is 12.3 Å². The lowest BCUT2D eigenvalue weighted by Gasteiger charge is -2.25. The smallest absolute Gasteiger partial charge is 0.416 e. The Morgan fingerprint density at radius 2 is 1.81 bits per heavy atom. The Hall–Kier alpha value is -3.33. The molecule has 0 atom stereocenters. The number of hydrogen-bond donors (Lipinski definition) is 1. The van der Waals surface area contributed by atoms with Gasteiger partial charge in [-0.3, -0.25) is 0 Å². The van der Waals surface area contributed by atoms with Gasteiger partial charge in [-0.1, -0.05) is 45.9 Å². The zero-order valence-electron chi connectivity index (χ0n) is 20.9. The van der Waals surface area contributed by atoms with Crippen LogP contribution in [0.4, 0.5) is 13.2 Å². The van der Waals surface area contributed by atoms with Gasteiger partial charge in [0.15, 0.2) is 0 Å². The number of ether oxygens (including phenoxy) is 2. The van der Waals surface area contributed by atoms with Crippen LogP contribution in [0.3, 0.4) is 0 Å². The molecule has 0 saturated heterocycles. The minimum atomic E-state index is -4.47. The molecule has 0 fully saturated rings. The second-order valence-corrected chi connectivity index (χ2v) is 9.76. The molecular weight excluding hydrogens is 475 g/mol. The Kier molecular flexibility index (Phi) is 8.13. The van der Waals surface area contributed by atoms with E-state index in [-0.39, 0.29) is 42.8 Å². The van der Waals surface area contributed by atoms with Crippen LogP contribution >= 0.6 is 0 Å². The second kappa shape index (κ2) is 10.7. The normalized spacial score (nSPS) is 12.2. The summed E-state index contributed by atoms with van der Waals surface area (Å²) in [6.07, 6.45) is -4.47. The van der Waals surface area contributed by atoms with Crippen molar-refractivity contribution in [2.75, 3.05) is 13.2 Å². The molecule has 3 rings (SSSR count). The Morgan fingerprint density at radius 1 is 1.11 bits per heavy atom. The van der Waals surface area contributed by atoms with Crippen molar-refractivity contribution < 1.29 is 37.0 Å². The van der Waals surface area contributed by atoms with E-state index in [2.05, 4.69) is 4.98 Å². The van der Waals surface area contributed by atoms with Gasteiger partial charge in [-0.15, -0.1) is 0 Å². The zero-order valence-corrected chi connectivity index (χ0v) is 20.9. The molecule has 0 amide bonds. The summed E-state index contributed by atoms with van der Waals surface area (Å²) in [5, 5.41) is 9.48. The van der Waals surface area contributed by atoms with Gasteiger partial charge in [0.25, 0.3) is 0 Å². The molecule has 0 saturated carbocycles. The summed E-state index contributed by atoms with van der Waals surface area (Å²) in [5.74, 6) is -0.169. The molecule has 36 heavy (non-hydrogen) atoms. The predicted molar refractivity (Wildman–Crippen MR) is 128 cm³/mol. The lowest BCUT2D eigenvalue weighted by Crippen LogP contribution is -2.27. The monoisotopic (exact) mass is 505 g/mol. The van der Waals surface area contributed by atoms with Crippen molar-refractivity contribution >= 4 is 5.97 Å². The SMILES string of the molecule is Cc1cccc(OCC(C)(C)COCc2nc(-c3cccc(C(F)(F)F)c3)oc2C(C)C)c1C(=O)O. The molecule has 1 aromatic heterocycles. The van der Waals surface area contributed by atoms with Gasteiger partial charge in [-0.05, 0) is 36.8 Å². The van der Waals surface area contributed by atoms with Crippen molar-refractivity contribution in [2.24, 2.45) is 5.41 Å². The van der Waals surface area contributed by atoms with E-state index in [1.54, 1.807) is 25.1 Å². The largest absolute Gasteiger partial charge is 0.492 e. The van der Waals surface area contributed by atoms with Gasteiger partial charge < -0.3 is 19.0 Å². The molecule has 194 valence electrons. The highest BCUT2D eigenvalue weighted by atomic mass is 19.4. The van der Waals surface area contributed by atoms with Crippen molar-refractivity contribution in [3.05, 3.63) is 70.6 Å². The predicted octanol–water partition coefficient (Wildman–Crippen LogP) is 7.11. The van der Waals surface area contributed by atoms with Crippen LogP contribution in [0.5, 0.6) is 5.75 Å². The quantitative estimate of drug-likeness (QED) is 0.316. The summed E-state index contributed by atoms with van der Waals surface area (Å²) < 4.78 is 56.9. The first-order valence-electron chi connectivity index (χ1n) is 11.5. The van der Waals surface area contributed by atoms with E-state index < -0.39 is 23.1 Å². The molecule has 1 N–H and O–H groups in total. The van der Waals surface area contributed by atoms with E-state index in [1.807, 2.05) is 27.7 Å². The summed E-state index contributed by atoms with van der Waals surface area (Å²) in [6.45, 7) is 9.94. The van der Waals surface area contributed by atoms with Crippen LogP contribution in [0.15, 0.2) is 46.9 Å². The minimum absolute atomic E-state index is 0.0530. The van der Waals surface area contributed by atoms with E-state index in [0.717, 1.165) is 12.1 Å². The standard InChI is InChI=1S/C27H30F3NO5/c1-16(2)23-20(31-24(36-23)18-9-7-10-19(12-18)27(28,29)30)13-34-14-26(4,5)15-35-21-11-6-8-17(3)22(21)25(32)33/h6-12,16H,13-15H2,1-5H3,(H,32,33). The molecule has 6 nitrogen and oxygen atoms in total. The summed E-state index contributed by atoms with van der Waals surface area (Å²) in [6, 6.07) is 9.92. The Balaban J connectivity index is 1.68. The molecule has 0 radical (unpaired) electrons. The number of aryl methyl sites for hydroxylation is 1. The number of carboxylic acid groups (broad SMARTS) is 1. The fraction of sp³-hybridized carbons (Fsp3) is 0.407. The Labute approximate surface area is 208 Å². The molecule has 0 aliphatic rings. The average Bonchev–Trinajstić information content (AvgIpc) is 3.21. The van der Waals surface area contributed by atoms with E-state index in [9.17, 15) is 23.1 Å². The number of rotatable bonds is 10. The maximum absolute atomic E-state index is 13.1. The maximum Gasteiger partial charge on any atom is 0.416 e. The molecule has 9 heteroatoms. The van der Waals surface area contributed by atoms with Gasteiger partial charge >= 0.3 is 12.1 Å². The molecule has 2 aromatic carbocycles. The summed E-state index contributed by atoms with van der Waals surface area (Å²) in [5.41, 5.74) is 0.243. The third-order valence-corrected chi connectivity index (χ3v) is 5.49. The van der Waals surface area contributed by atoms with Gasteiger partial charge in [0, 0.05) is 16.9 Å². The van der Waals surface area contributed by atoms with Crippen LogP contribution in [0.2, 0.25) is 0 Å². The second-order valence-electron chi connectivity index (χ2n) is 9.76. The molecule has 3 aromatic rings. The van der Waals surface area contributed by atoms with E-state index in [0.29, 0.717) is 22.8 Å². The Bertz CT molecular complexity index is 1210. The van der Waals surface area contributed by atoms with E-state index in [4.69, 9.17) is 13.9 Å². The number of hydrogen-bond acceptors (Lipinski definition) is 5. The van der Waals surface area contributed by atoms with E-state index >= 15 is 0 Å². The van der Waals surface area contributed by atoms with Crippen LogP contribution in [-0.4, -0.2) is 29.3 Å². The third-order valence-electron chi connectivity index (χ3n) is 5.49. The Morgan fingerprint density at radius 3 is 2.44 bits per heavy atom. The first kappa shape index (κ1) is 27.3. The number of carboxylic acids is 1.